The fourth-order valence-electron chi connectivity index (χ4n) is 4.36. The Morgan fingerprint density at radius 1 is 0.974 bits per heavy atom. The van der Waals surface area contributed by atoms with E-state index < -0.39 is 0 Å². The molecule has 3 aromatic rings. The summed E-state index contributed by atoms with van der Waals surface area (Å²) < 4.78 is 5.37. The number of carbonyl (C=O) groups is 2. The molecule has 1 aromatic heterocycles. The summed E-state index contributed by atoms with van der Waals surface area (Å²) in [7, 11) is 0. The summed E-state index contributed by atoms with van der Waals surface area (Å²) >= 11 is 8.42. The summed E-state index contributed by atoms with van der Waals surface area (Å²) in [5, 5.41) is 10.1. The predicted molar refractivity (Wildman–Crippen MR) is 163 cm³/mol. The number of rotatable bonds is 8. The third-order valence-electron chi connectivity index (χ3n) is 6.19. The molecule has 2 aromatic carbocycles. The lowest BCUT2D eigenvalue weighted by atomic mass is 9.96. The smallest absolute Gasteiger partial charge is 0.341 e. The molecule has 1 unspecified atom stereocenters. The van der Waals surface area contributed by atoms with E-state index in [1.165, 1.54) is 34.4 Å². The monoisotopic (exact) mass is 567 g/mol. The second-order valence-corrected chi connectivity index (χ2v) is 12.0. The van der Waals surface area contributed by atoms with Gasteiger partial charge >= 0.3 is 5.97 Å². The van der Waals surface area contributed by atoms with Gasteiger partial charge in [-0.2, -0.15) is 0 Å². The molecule has 1 amide bonds. The molecule has 0 saturated heterocycles. The van der Waals surface area contributed by atoms with E-state index in [0.717, 1.165) is 53.9 Å². The molecule has 0 saturated carbocycles. The first kappa shape index (κ1) is 28.1. The average Bonchev–Trinajstić information content (AvgIpc) is 3.20. The highest BCUT2D eigenvalue weighted by Gasteiger charge is 2.27. The Labute approximate surface area is 237 Å². The van der Waals surface area contributed by atoms with E-state index in [1.807, 2.05) is 61.5 Å². The Kier molecular flexibility index (Phi) is 10.2. The maximum absolute atomic E-state index is 13.2. The lowest BCUT2D eigenvalue weighted by Crippen LogP contribution is -2.23. The molecule has 38 heavy (non-hydrogen) atoms. The SMILES string of the molecule is CCOC(=O)c1c(NC(=O)C(C)Sc2cccc(NC(=S)Nc3ccccc3)c2)sc2c1CCCCCC2. The van der Waals surface area contributed by atoms with Gasteiger partial charge in [0.05, 0.1) is 17.4 Å². The number of carbonyl (C=O) groups excluding carboxylic acids is 2. The molecule has 1 heterocycles. The topological polar surface area (TPSA) is 79.5 Å². The van der Waals surface area contributed by atoms with Gasteiger partial charge < -0.3 is 20.7 Å². The molecule has 0 aliphatic heterocycles. The Morgan fingerprint density at radius 2 is 1.68 bits per heavy atom. The molecule has 0 spiro atoms. The zero-order valence-electron chi connectivity index (χ0n) is 21.7. The van der Waals surface area contributed by atoms with Gasteiger partial charge in [-0.05, 0) is 87.6 Å². The maximum Gasteiger partial charge on any atom is 0.341 e. The van der Waals surface area contributed by atoms with Crippen molar-refractivity contribution in [1.82, 2.24) is 0 Å². The number of hydrogen-bond donors (Lipinski definition) is 3. The van der Waals surface area contributed by atoms with Crippen LogP contribution in [0.5, 0.6) is 0 Å². The van der Waals surface area contributed by atoms with E-state index in [4.69, 9.17) is 17.0 Å². The first-order valence-electron chi connectivity index (χ1n) is 13.0. The number of amides is 1. The van der Waals surface area contributed by atoms with Crippen LogP contribution in [-0.4, -0.2) is 28.8 Å². The minimum Gasteiger partial charge on any atom is -0.462 e. The molecular formula is C29H33N3O3S3. The summed E-state index contributed by atoms with van der Waals surface area (Å²) in [6.07, 6.45) is 6.29. The normalized spacial score (nSPS) is 13.8. The van der Waals surface area contributed by atoms with Crippen LogP contribution in [-0.2, 0) is 22.4 Å². The summed E-state index contributed by atoms with van der Waals surface area (Å²) in [5.41, 5.74) is 3.34. The third-order valence-corrected chi connectivity index (χ3v) is 8.70. The molecule has 1 aliphatic rings. The molecule has 3 N–H and O–H groups in total. The number of aryl methyl sites for hydroxylation is 1. The van der Waals surface area contributed by atoms with Crippen LogP contribution in [0.25, 0.3) is 0 Å². The number of ether oxygens (including phenoxy) is 1. The van der Waals surface area contributed by atoms with Gasteiger partial charge in [-0.3, -0.25) is 4.79 Å². The summed E-state index contributed by atoms with van der Waals surface area (Å²) in [5.74, 6) is -0.491. The highest BCUT2D eigenvalue weighted by molar-refractivity contribution is 8.00. The second-order valence-electron chi connectivity index (χ2n) is 9.06. The first-order chi connectivity index (χ1) is 18.4. The number of nitrogens with one attached hydrogen (secondary N) is 3. The molecule has 4 rings (SSSR count). The average molecular weight is 568 g/mol. The summed E-state index contributed by atoms with van der Waals surface area (Å²) in [4.78, 5) is 28.3. The van der Waals surface area contributed by atoms with Crippen LogP contribution in [0.2, 0.25) is 0 Å². The number of fused-ring (bicyclic) bond motifs is 1. The minimum absolute atomic E-state index is 0.144. The largest absolute Gasteiger partial charge is 0.462 e. The molecule has 200 valence electrons. The molecule has 6 nitrogen and oxygen atoms in total. The third kappa shape index (κ3) is 7.58. The summed E-state index contributed by atoms with van der Waals surface area (Å²) in [6, 6.07) is 17.5. The van der Waals surface area contributed by atoms with E-state index in [0.29, 0.717) is 22.3 Å². The Balaban J connectivity index is 1.42. The van der Waals surface area contributed by atoms with E-state index in [9.17, 15) is 9.59 Å². The molecule has 0 bridgehead atoms. The van der Waals surface area contributed by atoms with Crippen LogP contribution in [0, 0.1) is 0 Å². The Bertz CT molecular complexity index is 1280. The summed E-state index contributed by atoms with van der Waals surface area (Å²) in [6.45, 7) is 3.98. The maximum atomic E-state index is 13.2. The number of hydrogen-bond acceptors (Lipinski definition) is 6. The van der Waals surface area contributed by atoms with E-state index in [2.05, 4.69) is 16.0 Å². The zero-order valence-corrected chi connectivity index (χ0v) is 24.1. The fourth-order valence-corrected chi connectivity index (χ4v) is 6.80. The lowest BCUT2D eigenvalue weighted by molar-refractivity contribution is -0.115. The van der Waals surface area contributed by atoms with Gasteiger partial charge in [-0.25, -0.2) is 4.79 Å². The number of esters is 1. The van der Waals surface area contributed by atoms with Crippen molar-refractivity contribution in [2.45, 2.75) is 62.5 Å². The number of anilines is 3. The Morgan fingerprint density at radius 3 is 2.45 bits per heavy atom. The van der Waals surface area contributed by atoms with Gasteiger partial charge in [-0.1, -0.05) is 37.1 Å². The lowest BCUT2D eigenvalue weighted by Gasteiger charge is -2.14. The van der Waals surface area contributed by atoms with Gasteiger partial charge in [0, 0.05) is 21.1 Å². The standard InChI is InChI=1S/C29H33N3O3S3/c1-3-35-28(34)25-23-16-9-4-5-10-17-24(23)38-27(25)32-26(33)19(2)37-22-15-11-14-21(18-22)31-29(36)30-20-12-7-6-8-13-20/h6-8,11-15,18-19H,3-5,9-10,16-17H2,1-2H3,(H,32,33)(H2,30,31,36). The zero-order chi connectivity index (χ0) is 26.9. The number of para-hydroxylation sites is 1. The van der Waals surface area contributed by atoms with Crippen molar-refractivity contribution in [3.05, 3.63) is 70.6 Å². The van der Waals surface area contributed by atoms with Gasteiger partial charge in [0.1, 0.15) is 5.00 Å². The van der Waals surface area contributed by atoms with E-state index in [1.54, 1.807) is 6.92 Å². The van der Waals surface area contributed by atoms with Crippen molar-refractivity contribution in [2.24, 2.45) is 0 Å². The van der Waals surface area contributed by atoms with Crippen molar-refractivity contribution < 1.29 is 14.3 Å². The number of thioether (sulfide) groups is 1. The van der Waals surface area contributed by atoms with Gasteiger partial charge in [0.15, 0.2) is 5.11 Å². The quantitative estimate of drug-likeness (QED) is 0.148. The van der Waals surface area contributed by atoms with E-state index in [-0.39, 0.29) is 17.1 Å². The van der Waals surface area contributed by atoms with Crippen LogP contribution in [0.4, 0.5) is 16.4 Å². The molecular weight excluding hydrogens is 535 g/mol. The number of thiophene rings is 1. The number of benzene rings is 2. The van der Waals surface area contributed by atoms with Crippen LogP contribution in [0.1, 0.15) is 60.3 Å². The Hall–Kier alpha value is -2.88. The fraction of sp³-hybridized carbons (Fsp3) is 0.345. The number of thiocarbonyl (C=S) groups is 1. The van der Waals surface area contributed by atoms with Gasteiger partial charge in [-0.15, -0.1) is 23.1 Å². The molecule has 1 atom stereocenters. The van der Waals surface area contributed by atoms with Crippen molar-refractivity contribution >= 4 is 68.7 Å². The molecule has 0 radical (unpaired) electrons. The van der Waals surface area contributed by atoms with E-state index >= 15 is 0 Å². The van der Waals surface area contributed by atoms with Crippen molar-refractivity contribution in [1.29, 1.82) is 0 Å². The van der Waals surface area contributed by atoms with Crippen molar-refractivity contribution in [3.63, 3.8) is 0 Å². The van der Waals surface area contributed by atoms with Crippen LogP contribution in [0.15, 0.2) is 59.5 Å². The highest BCUT2D eigenvalue weighted by atomic mass is 32.2. The van der Waals surface area contributed by atoms with Crippen molar-refractivity contribution in [2.75, 3.05) is 22.6 Å². The highest BCUT2D eigenvalue weighted by Crippen LogP contribution is 2.38. The minimum atomic E-state index is -0.376. The van der Waals surface area contributed by atoms with Crippen LogP contribution >= 0.6 is 35.3 Å². The molecule has 9 heteroatoms. The molecule has 0 fully saturated rings. The van der Waals surface area contributed by atoms with Crippen LogP contribution in [0.3, 0.4) is 0 Å². The van der Waals surface area contributed by atoms with Gasteiger partial charge in [0.25, 0.3) is 0 Å². The van der Waals surface area contributed by atoms with Crippen molar-refractivity contribution in [3.8, 4) is 0 Å². The predicted octanol–water partition coefficient (Wildman–Crippen LogP) is 7.51. The molecule has 1 aliphatic carbocycles. The van der Waals surface area contributed by atoms with Gasteiger partial charge in [0.2, 0.25) is 5.91 Å². The second kappa shape index (κ2) is 13.8. The van der Waals surface area contributed by atoms with Crippen LogP contribution < -0.4 is 16.0 Å². The first-order valence-corrected chi connectivity index (χ1v) is 15.1.